The van der Waals surface area contributed by atoms with Crippen LogP contribution in [0, 0.1) is 0 Å². The largest absolute Gasteiger partial charge is 0.455 e. The molecule has 7 aromatic carbocycles. The van der Waals surface area contributed by atoms with Gasteiger partial charge in [0.15, 0.2) is 0 Å². The van der Waals surface area contributed by atoms with Crippen molar-refractivity contribution in [2.45, 2.75) is 39.5 Å². The first-order valence-electron chi connectivity index (χ1n) is 18.3. The zero-order chi connectivity index (χ0) is 35.3. The Balaban J connectivity index is 1.24. The summed E-state index contributed by atoms with van der Waals surface area (Å²) in [4.78, 5) is 5.36. The van der Waals surface area contributed by atoms with Crippen LogP contribution in [-0.2, 0) is 0 Å². The Morgan fingerprint density at radius 3 is 1.69 bits per heavy atom. The van der Waals surface area contributed by atoms with Gasteiger partial charge in [-0.15, -0.1) is 0 Å². The minimum atomic E-state index is 0.285. The van der Waals surface area contributed by atoms with Crippen molar-refractivity contribution in [3.8, 4) is 50.5 Å². The van der Waals surface area contributed by atoms with Gasteiger partial charge in [0, 0.05) is 10.8 Å². The van der Waals surface area contributed by atoms with Crippen molar-refractivity contribution in [2.24, 2.45) is 0 Å². The first-order chi connectivity index (χ1) is 25.4. The second kappa shape index (κ2) is 12.9. The lowest BCUT2D eigenvalue weighted by Crippen LogP contribution is -2.09. The van der Waals surface area contributed by atoms with E-state index in [2.05, 4.69) is 190 Å². The average Bonchev–Trinajstić information content (AvgIpc) is 3.76. The minimum Gasteiger partial charge on any atom is -0.455 e. The van der Waals surface area contributed by atoms with E-state index in [-0.39, 0.29) is 11.8 Å². The molecule has 9 rings (SSSR count). The van der Waals surface area contributed by atoms with E-state index >= 15 is 0 Å². The molecule has 0 radical (unpaired) electrons. The van der Waals surface area contributed by atoms with Crippen LogP contribution in [0.25, 0.3) is 83.4 Å². The number of para-hydroxylation sites is 3. The molecule has 0 saturated heterocycles. The van der Waals surface area contributed by atoms with E-state index in [1.807, 2.05) is 0 Å². The second-order valence-corrected chi connectivity index (χ2v) is 14.4. The van der Waals surface area contributed by atoms with E-state index in [9.17, 15) is 0 Å². The average molecular weight is 673 g/mol. The van der Waals surface area contributed by atoms with Crippen molar-refractivity contribution in [3.63, 3.8) is 0 Å². The van der Waals surface area contributed by atoms with Gasteiger partial charge in [-0.1, -0.05) is 143 Å². The molecular weight excluding hydrogens is 633 g/mol. The first-order valence-corrected chi connectivity index (χ1v) is 18.3. The summed E-state index contributed by atoms with van der Waals surface area (Å²) in [5.74, 6) is 1.46. The van der Waals surface area contributed by atoms with Crippen LogP contribution in [0.1, 0.15) is 50.7 Å². The number of benzene rings is 7. The van der Waals surface area contributed by atoms with Crippen LogP contribution in [0.4, 0.5) is 0 Å². The summed E-state index contributed by atoms with van der Waals surface area (Å²) >= 11 is 0. The maximum absolute atomic E-state index is 6.77. The quantitative estimate of drug-likeness (QED) is 0.169. The highest BCUT2D eigenvalue weighted by atomic mass is 16.3. The molecule has 9 aromatic rings. The molecule has 2 aromatic heterocycles. The smallest absolute Gasteiger partial charge is 0.149 e. The normalized spacial score (nSPS) is 11.8. The topological polar surface area (TPSA) is 31.0 Å². The molecule has 252 valence electrons. The number of hydrogen-bond donors (Lipinski definition) is 0. The van der Waals surface area contributed by atoms with Gasteiger partial charge in [-0.25, -0.2) is 4.98 Å². The van der Waals surface area contributed by atoms with Crippen molar-refractivity contribution < 1.29 is 4.42 Å². The molecule has 0 atom stereocenters. The highest BCUT2D eigenvalue weighted by Gasteiger charge is 2.25. The molecule has 3 nitrogen and oxygen atoms in total. The second-order valence-electron chi connectivity index (χ2n) is 14.4. The van der Waals surface area contributed by atoms with Crippen LogP contribution >= 0.6 is 0 Å². The zero-order valence-corrected chi connectivity index (χ0v) is 30.0. The lowest BCUT2D eigenvalue weighted by molar-refractivity contribution is 0.669. The molecule has 0 spiro atoms. The molecule has 52 heavy (non-hydrogen) atoms. The van der Waals surface area contributed by atoms with Crippen LogP contribution < -0.4 is 0 Å². The molecule has 2 heterocycles. The molecule has 0 N–H and O–H groups in total. The summed E-state index contributed by atoms with van der Waals surface area (Å²) in [5.41, 5.74) is 15.8. The fraction of sp³-hybridized carbons (Fsp3) is 0.122. The van der Waals surface area contributed by atoms with Gasteiger partial charge in [-0.3, -0.25) is 4.57 Å². The molecular formula is C49H40N2O. The molecule has 0 aliphatic heterocycles. The molecule has 0 bridgehead atoms. The third kappa shape index (κ3) is 5.41. The van der Waals surface area contributed by atoms with Crippen molar-refractivity contribution in [1.29, 1.82) is 0 Å². The standard InChI is InChI=1S/C49H40N2O/c1-31(2)41-29-38(34-16-9-6-10-17-34)30-42(32(3)4)47(41)51-45-21-12-11-20-44(45)50-49(51)40-19-13-18-39-43-28-37(26-27-46(43)52-48(39)40)36-24-22-35(23-25-36)33-14-7-5-8-15-33/h5-32H,1-4H3. The monoisotopic (exact) mass is 672 g/mol. The van der Waals surface area contributed by atoms with E-state index in [4.69, 9.17) is 9.40 Å². The Hall–Kier alpha value is -6.19. The van der Waals surface area contributed by atoms with Gasteiger partial charge in [0.1, 0.15) is 17.0 Å². The van der Waals surface area contributed by atoms with Crippen LogP contribution in [-0.4, -0.2) is 9.55 Å². The van der Waals surface area contributed by atoms with Crippen LogP contribution in [0.15, 0.2) is 162 Å². The highest BCUT2D eigenvalue weighted by Crippen LogP contribution is 2.43. The van der Waals surface area contributed by atoms with Crippen molar-refractivity contribution in [1.82, 2.24) is 9.55 Å². The van der Waals surface area contributed by atoms with Gasteiger partial charge < -0.3 is 4.42 Å². The van der Waals surface area contributed by atoms with E-state index in [0.717, 1.165) is 49.9 Å². The summed E-state index contributed by atoms with van der Waals surface area (Å²) in [7, 11) is 0. The Kier molecular flexibility index (Phi) is 7.85. The lowest BCUT2D eigenvalue weighted by atomic mass is 9.88. The fourth-order valence-electron chi connectivity index (χ4n) is 7.69. The number of rotatable bonds is 7. The van der Waals surface area contributed by atoms with Gasteiger partial charge in [0.2, 0.25) is 0 Å². The van der Waals surface area contributed by atoms with Crippen molar-refractivity contribution in [2.75, 3.05) is 0 Å². The molecule has 0 fully saturated rings. The summed E-state index contributed by atoms with van der Waals surface area (Å²) < 4.78 is 9.17. The van der Waals surface area contributed by atoms with E-state index in [1.165, 1.54) is 44.6 Å². The third-order valence-corrected chi connectivity index (χ3v) is 10.4. The third-order valence-electron chi connectivity index (χ3n) is 10.4. The summed E-state index contributed by atoms with van der Waals surface area (Å²) in [5, 5.41) is 2.18. The summed E-state index contributed by atoms with van der Waals surface area (Å²) in [6.45, 7) is 9.18. The predicted molar refractivity (Wildman–Crippen MR) is 218 cm³/mol. The Morgan fingerprint density at radius 2 is 1.04 bits per heavy atom. The number of furan rings is 1. The molecule has 0 amide bonds. The number of aromatic nitrogens is 2. The van der Waals surface area contributed by atoms with Crippen molar-refractivity contribution >= 4 is 33.0 Å². The molecule has 0 aliphatic carbocycles. The van der Waals surface area contributed by atoms with E-state index in [1.54, 1.807) is 0 Å². The minimum absolute atomic E-state index is 0.285. The summed E-state index contributed by atoms with van der Waals surface area (Å²) in [6, 6.07) is 56.3. The molecule has 0 saturated carbocycles. The van der Waals surface area contributed by atoms with Crippen LogP contribution in [0.2, 0.25) is 0 Å². The van der Waals surface area contributed by atoms with Gasteiger partial charge >= 0.3 is 0 Å². The zero-order valence-electron chi connectivity index (χ0n) is 30.0. The van der Waals surface area contributed by atoms with Gasteiger partial charge in [-0.2, -0.15) is 0 Å². The molecule has 0 aliphatic rings. The van der Waals surface area contributed by atoms with Gasteiger partial charge in [0.05, 0.1) is 22.3 Å². The van der Waals surface area contributed by atoms with Gasteiger partial charge in [0.25, 0.3) is 0 Å². The number of nitrogens with zero attached hydrogens (tertiary/aromatic N) is 2. The Morgan fingerprint density at radius 1 is 0.481 bits per heavy atom. The van der Waals surface area contributed by atoms with Crippen LogP contribution in [0.3, 0.4) is 0 Å². The number of fused-ring (bicyclic) bond motifs is 4. The summed E-state index contributed by atoms with van der Waals surface area (Å²) in [6.07, 6.45) is 0. The Labute approximate surface area is 304 Å². The highest BCUT2D eigenvalue weighted by molar-refractivity contribution is 6.10. The van der Waals surface area contributed by atoms with Crippen molar-refractivity contribution in [3.05, 3.63) is 169 Å². The first kappa shape index (κ1) is 31.8. The number of hydrogen-bond acceptors (Lipinski definition) is 2. The van der Waals surface area contributed by atoms with Crippen LogP contribution in [0.5, 0.6) is 0 Å². The number of imidazole rings is 1. The molecule has 3 heteroatoms. The SMILES string of the molecule is CC(C)c1cc(-c2ccccc2)cc(C(C)C)c1-n1c(-c2cccc3c2oc2ccc(-c4ccc(-c5ccccc5)cc4)cc23)nc2ccccc21. The predicted octanol–water partition coefficient (Wildman–Crippen LogP) is 13.8. The van der Waals surface area contributed by atoms with Gasteiger partial charge in [-0.05, 0) is 98.8 Å². The maximum atomic E-state index is 6.77. The lowest BCUT2D eigenvalue weighted by Gasteiger charge is -2.24. The Bertz CT molecular complexity index is 2680. The molecule has 0 unspecified atom stereocenters. The van der Waals surface area contributed by atoms with E-state index in [0.29, 0.717) is 0 Å². The fourth-order valence-corrected chi connectivity index (χ4v) is 7.69. The maximum Gasteiger partial charge on any atom is 0.149 e. The van der Waals surface area contributed by atoms with E-state index < -0.39 is 0 Å².